The molecule has 0 spiro atoms. The highest BCUT2D eigenvalue weighted by atomic mass is 32.1. The third-order valence-electron chi connectivity index (χ3n) is 3.15. The van der Waals surface area contributed by atoms with Gasteiger partial charge >= 0.3 is 0 Å². The fraction of sp³-hybridized carbons (Fsp3) is 0.286. The van der Waals surface area contributed by atoms with Crippen LogP contribution in [0.1, 0.15) is 28.2 Å². The number of aliphatic hydroxyl groups excluding tert-OH is 1. The topological polar surface area (TPSA) is 29.5 Å². The number of aliphatic hydroxyl groups is 1. The van der Waals surface area contributed by atoms with Gasteiger partial charge in [-0.05, 0) is 29.0 Å². The summed E-state index contributed by atoms with van der Waals surface area (Å²) in [6, 6.07) is 12.1. The molecule has 0 saturated heterocycles. The molecule has 2 aromatic rings. The van der Waals surface area contributed by atoms with Gasteiger partial charge in [0.05, 0.1) is 6.61 Å². The van der Waals surface area contributed by atoms with Crippen molar-refractivity contribution in [1.82, 2.24) is 0 Å². The van der Waals surface area contributed by atoms with Gasteiger partial charge in [0, 0.05) is 4.88 Å². The van der Waals surface area contributed by atoms with E-state index < -0.39 is 6.10 Å². The maximum atomic E-state index is 10.4. The summed E-state index contributed by atoms with van der Waals surface area (Å²) in [5, 5.41) is 12.3. The number of rotatable bonds is 2. The number of hydrogen-bond donors (Lipinski definition) is 1. The number of ether oxygens (including phenoxy) is 1. The Bertz CT molecular complexity index is 493. The van der Waals surface area contributed by atoms with Crippen molar-refractivity contribution in [2.75, 3.05) is 6.61 Å². The van der Waals surface area contributed by atoms with E-state index in [1.165, 1.54) is 5.56 Å². The molecule has 2 nitrogen and oxygen atoms in total. The van der Waals surface area contributed by atoms with Gasteiger partial charge in [0.25, 0.3) is 0 Å². The summed E-state index contributed by atoms with van der Waals surface area (Å²) in [4.78, 5) is 0.965. The van der Waals surface area contributed by atoms with E-state index >= 15 is 0 Å². The zero-order chi connectivity index (χ0) is 11.7. The molecule has 0 amide bonds. The minimum atomic E-state index is -0.559. The quantitative estimate of drug-likeness (QED) is 0.882. The van der Waals surface area contributed by atoms with Crippen LogP contribution in [0.3, 0.4) is 0 Å². The molecule has 1 aromatic heterocycles. The Labute approximate surface area is 104 Å². The normalized spacial score (nSPS) is 20.9. The third-order valence-corrected chi connectivity index (χ3v) is 4.09. The van der Waals surface area contributed by atoms with Crippen molar-refractivity contribution < 1.29 is 9.84 Å². The van der Waals surface area contributed by atoms with Crippen LogP contribution in [-0.2, 0) is 11.2 Å². The maximum absolute atomic E-state index is 10.4. The van der Waals surface area contributed by atoms with Crippen LogP contribution in [0.5, 0.6) is 0 Å². The predicted molar refractivity (Wildman–Crippen MR) is 68.1 cm³/mol. The first-order valence-electron chi connectivity index (χ1n) is 5.77. The van der Waals surface area contributed by atoms with Crippen LogP contribution in [0, 0.1) is 0 Å². The highest BCUT2D eigenvalue weighted by Crippen LogP contribution is 2.38. The Morgan fingerprint density at radius 2 is 2.12 bits per heavy atom. The van der Waals surface area contributed by atoms with Gasteiger partial charge in [0.15, 0.2) is 0 Å². The SMILES string of the molecule is OC(c1cccs1)C1OCCc2ccccc21. The molecule has 3 heteroatoms. The Balaban J connectivity index is 1.95. The first kappa shape index (κ1) is 11.0. The third kappa shape index (κ3) is 2.02. The van der Waals surface area contributed by atoms with Crippen molar-refractivity contribution in [3.05, 3.63) is 57.8 Å². The summed E-state index contributed by atoms with van der Waals surface area (Å²) >= 11 is 1.57. The summed E-state index contributed by atoms with van der Waals surface area (Å²) in [6.07, 6.45) is 0.152. The summed E-state index contributed by atoms with van der Waals surface area (Å²) in [7, 11) is 0. The summed E-state index contributed by atoms with van der Waals surface area (Å²) in [5.41, 5.74) is 2.42. The molecule has 0 bridgehead atoms. The van der Waals surface area contributed by atoms with E-state index in [1.54, 1.807) is 11.3 Å². The molecule has 3 rings (SSSR count). The van der Waals surface area contributed by atoms with E-state index in [0.717, 1.165) is 16.9 Å². The van der Waals surface area contributed by atoms with E-state index in [4.69, 9.17) is 4.74 Å². The van der Waals surface area contributed by atoms with Crippen molar-refractivity contribution in [2.45, 2.75) is 18.6 Å². The summed E-state index contributed by atoms with van der Waals surface area (Å²) in [5.74, 6) is 0. The molecule has 2 atom stereocenters. The average Bonchev–Trinajstić information content (AvgIpc) is 2.91. The number of benzene rings is 1. The number of hydrogen-bond acceptors (Lipinski definition) is 3. The van der Waals surface area contributed by atoms with Gasteiger partial charge in [0.1, 0.15) is 12.2 Å². The zero-order valence-corrected chi connectivity index (χ0v) is 10.2. The minimum absolute atomic E-state index is 0.224. The van der Waals surface area contributed by atoms with Crippen LogP contribution in [0.25, 0.3) is 0 Å². The number of thiophene rings is 1. The second-order valence-electron chi connectivity index (χ2n) is 4.20. The van der Waals surface area contributed by atoms with E-state index in [9.17, 15) is 5.11 Å². The molecule has 1 aliphatic heterocycles. The summed E-state index contributed by atoms with van der Waals surface area (Å²) in [6.45, 7) is 0.685. The van der Waals surface area contributed by atoms with Crippen molar-refractivity contribution >= 4 is 11.3 Å². The molecular formula is C14H14O2S. The van der Waals surface area contributed by atoms with Gasteiger partial charge in [-0.3, -0.25) is 0 Å². The van der Waals surface area contributed by atoms with Gasteiger partial charge < -0.3 is 9.84 Å². The molecule has 2 unspecified atom stereocenters. The van der Waals surface area contributed by atoms with Gasteiger partial charge in [-0.15, -0.1) is 11.3 Å². The van der Waals surface area contributed by atoms with Crippen molar-refractivity contribution in [1.29, 1.82) is 0 Å². The average molecular weight is 246 g/mol. The zero-order valence-electron chi connectivity index (χ0n) is 9.37. The van der Waals surface area contributed by atoms with E-state index in [2.05, 4.69) is 12.1 Å². The van der Waals surface area contributed by atoms with Gasteiger partial charge in [0.2, 0.25) is 0 Å². The first-order chi connectivity index (χ1) is 8.36. The smallest absolute Gasteiger partial charge is 0.118 e. The van der Waals surface area contributed by atoms with Gasteiger partial charge in [-0.25, -0.2) is 0 Å². The van der Waals surface area contributed by atoms with Crippen LogP contribution in [0.15, 0.2) is 41.8 Å². The van der Waals surface area contributed by atoms with Crippen LogP contribution < -0.4 is 0 Å². The molecule has 1 aliphatic rings. The largest absolute Gasteiger partial charge is 0.384 e. The van der Waals surface area contributed by atoms with E-state index in [0.29, 0.717) is 6.61 Å². The summed E-state index contributed by atoms with van der Waals surface area (Å²) < 4.78 is 5.75. The molecule has 1 aromatic carbocycles. The monoisotopic (exact) mass is 246 g/mol. The second-order valence-corrected chi connectivity index (χ2v) is 5.18. The molecule has 0 fully saturated rings. The lowest BCUT2D eigenvalue weighted by atomic mass is 9.94. The van der Waals surface area contributed by atoms with E-state index in [1.807, 2.05) is 29.6 Å². The van der Waals surface area contributed by atoms with Crippen molar-refractivity contribution in [3.63, 3.8) is 0 Å². The fourth-order valence-corrected chi connectivity index (χ4v) is 3.03. The lowest BCUT2D eigenvalue weighted by molar-refractivity contribution is -0.0468. The van der Waals surface area contributed by atoms with Gasteiger partial charge in [-0.1, -0.05) is 30.3 Å². The molecule has 88 valence electrons. The molecule has 0 saturated carbocycles. The van der Waals surface area contributed by atoms with Crippen molar-refractivity contribution in [2.24, 2.45) is 0 Å². The molecule has 2 heterocycles. The van der Waals surface area contributed by atoms with Crippen LogP contribution >= 0.6 is 11.3 Å². The molecule has 17 heavy (non-hydrogen) atoms. The van der Waals surface area contributed by atoms with Crippen molar-refractivity contribution in [3.8, 4) is 0 Å². The van der Waals surface area contributed by atoms with Crippen LogP contribution in [0.2, 0.25) is 0 Å². The first-order valence-corrected chi connectivity index (χ1v) is 6.65. The molecular weight excluding hydrogens is 232 g/mol. The lowest BCUT2D eigenvalue weighted by Crippen LogP contribution is -2.21. The minimum Gasteiger partial charge on any atom is -0.384 e. The Kier molecular flexibility index (Phi) is 2.97. The van der Waals surface area contributed by atoms with Crippen LogP contribution in [-0.4, -0.2) is 11.7 Å². The van der Waals surface area contributed by atoms with E-state index in [-0.39, 0.29) is 6.10 Å². The van der Waals surface area contributed by atoms with Crippen LogP contribution in [0.4, 0.5) is 0 Å². The molecule has 1 N–H and O–H groups in total. The Hall–Kier alpha value is -1.16. The fourth-order valence-electron chi connectivity index (χ4n) is 2.30. The maximum Gasteiger partial charge on any atom is 0.118 e. The molecule has 0 radical (unpaired) electrons. The highest BCUT2D eigenvalue weighted by Gasteiger charge is 2.28. The standard InChI is InChI=1S/C14H14O2S/c15-13(12-6-3-9-17-12)14-11-5-2-1-4-10(11)7-8-16-14/h1-6,9,13-15H,7-8H2. The lowest BCUT2D eigenvalue weighted by Gasteiger charge is -2.29. The predicted octanol–water partition coefficient (Wildman–Crippen LogP) is 3.10. The highest BCUT2D eigenvalue weighted by molar-refractivity contribution is 7.10. The molecule has 0 aliphatic carbocycles. The second kappa shape index (κ2) is 4.61. The Morgan fingerprint density at radius 3 is 2.94 bits per heavy atom. The Morgan fingerprint density at radius 1 is 1.24 bits per heavy atom. The number of fused-ring (bicyclic) bond motifs is 1. The van der Waals surface area contributed by atoms with Gasteiger partial charge in [-0.2, -0.15) is 0 Å².